The van der Waals surface area contributed by atoms with Crippen LogP contribution in [0.4, 0.5) is 5.69 Å². The van der Waals surface area contributed by atoms with Crippen molar-refractivity contribution in [3.63, 3.8) is 0 Å². The van der Waals surface area contributed by atoms with Crippen LogP contribution in [0.3, 0.4) is 0 Å². The number of benzene rings is 1. The SMILES string of the molecule is C[C@H]1C[C@@H]1COc1cccc(N)c1. The Morgan fingerprint density at radius 3 is 2.92 bits per heavy atom. The lowest BCUT2D eigenvalue weighted by Crippen LogP contribution is -2.00. The van der Waals surface area contributed by atoms with Gasteiger partial charge in [-0.25, -0.2) is 0 Å². The Hall–Kier alpha value is -1.18. The molecule has 0 radical (unpaired) electrons. The van der Waals surface area contributed by atoms with Crippen molar-refractivity contribution in [2.75, 3.05) is 12.3 Å². The Morgan fingerprint density at radius 2 is 2.31 bits per heavy atom. The van der Waals surface area contributed by atoms with Crippen LogP contribution in [-0.2, 0) is 0 Å². The van der Waals surface area contributed by atoms with E-state index in [2.05, 4.69) is 6.92 Å². The van der Waals surface area contributed by atoms with Crippen molar-refractivity contribution in [2.24, 2.45) is 11.8 Å². The van der Waals surface area contributed by atoms with Gasteiger partial charge in [0.2, 0.25) is 0 Å². The first-order chi connectivity index (χ1) is 6.25. The van der Waals surface area contributed by atoms with Gasteiger partial charge in [-0.05, 0) is 30.4 Å². The minimum Gasteiger partial charge on any atom is -0.493 e. The highest BCUT2D eigenvalue weighted by Crippen LogP contribution is 2.37. The van der Waals surface area contributed by atoms with Crippen LogP contribution in [0.1, 0.15) is 13.3 Å². The molecule has 0 spiro atoms. The fourth-order valence-electron chi connectivity index (χ4n) is 1.44. The summed E-state index contributed by atoms with van der Waals surface area (Å²) in [6.07, 6.45) is 1.31. The van der Waals surface area contributed by atoms with Crippen molar-refractivity contribution in [2.45, 2.75) is 13.3 Å². The van der Waals surface area contributed by atoms with E-state index in [1.807, 2.05) is 24.3 Å². The number of hydrogen-bond acceptors (Lipinski definition) is 2. The maximum Gasteiger partial charge on any atom is 0.121 e. The molecule has 1 aromatic carbocycles. The zero-order valence-corrected chi connectivity index (χ0v) is 7.86. The zero-order chi connectivity index (χ0) is 9.26. The number of nitrogens with two attached hydrogens (primary N) is 1. The van der Waals surface area contributed by atoms with E-state index < -0.39 is 0 Å². The van der Waals surface area contributed by atoms with Gasteiger partial charge < -0.3 is 10.5 Å². The summed E-state index contributed by atoms with van der Waals surface area (Å²) in [5, 5.41) is 0. The second-order valence-corrected chi connectivity index (χ2v) is 3.86. The molecule has 70 valence electrons. The molecule has 1 aliphatic carbocycles. The first-order valence-corrected chi connectivity index (χ1v) is 4.74. The van der Waals surface area contributed by atoms with E-state index >= 15 is 0 Å². The van der Waals surface area contributed by atoms with Crippen LogP contribution in [0.15, 0.2) is 24.3 Å². The van der Waals surface area contributed by atoms with E-state index in [9.17, 15) is 0 Å². The normalized spacial score (nSPS) is 25.6. The smallest absolute Gasteiger partial charge is 0.121 e. The molecular weight excluding hydrogens is 162 g/mol. The first kappa shape index (κ1) is 8.42. The molecule has 0 aliphatic heterocycles. The van der Waals surface area contributed by atoms with E-state index in [1.54, 1.807) is 0 Å². The third-order valence-corrected chi connectivity index (χ3v) is 2.60. The number of rotatable bonds is 3. The summed E-state index contributed by atoms with van der Waals surface area (Å²) in [5.41, 5.74) is 6.39. The molecule has 2 rings (SSSR count). The minimum atomic E-state index is 0.765. The molecule has 2 nitrogen and oxygen atoms in total. The van der Waals surface area contributed by atoms with Crippen LogP contribution in [0, 0.1) is 11.8 Å². The lowest BCUT2D eigenvalue weighted by atomic mass is 10.3. The largest absolute Gasteiger partial charge is 0.493 e. The van der Waals surface area contributed by atoms with Gasteiger partial charge in [-0.1, -0.05) is 13.0 Å². The summed E-state index contributed by atoms with van der Waals surface area (Å²) < 4.78 is 5.60. The summed E-state index contributed by atoms with van der Waals surface area (Å²) in [6, 6.07) is 7.60. The fraction of sp³-hybridized carbons (Fsp3) is 0.455. The van der Waals surface area contributed by atoms with Gasteiger partial charge in [-0.3, -0.25) is 0 Å². The van der Waals surface area contributed by atoms with Crippen molar-refractivity contribution in [3.8, 4) is 5.75 Å². The van der Waals surface area contributed by atoms with E-state index in [4.69, 9.17) is 10.5 Å². The van der Waals surface area contributed by atoms with Crippen molar-refractivity contribution in [1.29, 1.82) is 0 Å². The molecule has 1 aliphatic rings. The first-order valence-electron chi connectivity index (χ1n) is 4.74. The van der Waals surface area contributed by atoms with Gasteiger partial charge >= 0.3 is 0 Å². The van der Waals surface area contributed by atoms with Crippen molar-refractivity contribution >= 4 is 5.69 Å². The minimum absolute atomic E-state index is 0.765. The second-order valence-electron chi connectivity index (χ2n) is 3.86. The third kappa shape index (κ3) is 2.14. The summed E-state index contributed by atoms with van der Waals surface area (Å²) >= 11 is 0. The van der Waals surface area contributed by atoms with E-state index in [0.717, 1.165) is 29.9 Å². The number of ether oxygens (including phenoxy) is 1. The van der Waals surface area contributed by atoms with Crippen LogP contribution in [0.2, 0.25) is 0 Å². The van der Waals surface area contributed by atoms with Gasteiger partial charge in [0.15, 0.2) is 0 Å². The molecule has 0 aromatic heterocycles. The molecule has 2 N–H and O–H groups in total. The summed E-state index contributed by atoms with van der Waals surface area (Å²) in [4.78, 5) is 0. The summed E-state index contributed by atoms with van der Waals surface area (Å²) in [7, 11) is 0. The van der Waals surface area contributed by atoms with Gasteiger partial charge in [-0.15, -0.1) is 0 Å². The average Bonchev–Trinajstić information content (AvgIpc) is 2.79. The van der Waals surface area contributed by atoms with E-state index in [0.29, 0.717) is 0 Å². The van der Waals surface area contributed by atoms with Crippen LogP contribution in [-0.4, -0.2) is 6.61 Å². The molecular formula is C11H15NO. The monoisotopic (exact) mass is 177 g/mol. The zero-order valence-electron chi connectivity index (χ0n) is 7.86. The maximum absolute atomic E-state index is 5.63. The molecule has 0 amide bonds. The van der Waals surface area contributed by atoms with E-state index in [1.165, 1.54) is 6.42 Å². The Labute approximate surface area is 78.7 Å². The van der Waals surface area contributed by atoms with Gasteiger partial charge in [0.25, 0.3) is 0 Å². The van der Waals surface area contributed by atoms with Crippen LogP contribution in [0.25, 0.3) is 0 Å². The van der Waals surface area contributed by atoms with Crippen LogP contribution >= 0.6 is 0 Å². The molecule has 1 saturated carbocycles. The maximum atomic E-state index is 5.63. The highest BCUT2D eigenvalue weighted by atomic mass is 16.5. The van der Waals surface area contributed by atoms with Crippen molar-refractivity contribution in [1.82, 2.24) is 0 Å². The highest BCUT2D eigenvalue weighted by Gasteiger charge is 2.32. The Balaban J connectivity index is 1.87. The molecule has 2 atom stereocenters. The molecule has 0 saturated heterocycles. The topological polar surface area (TPSA) is 35.2 Å². The average molecular weight is 177 g/mol. The van der Waals surface area contributed by atoms with Crippen molar-refractivity contribution < 1.29 is 4.74 Å². The quantitative estimate of drug-likeness (QED) is 0.719. The number of anilines is 1. The third-order valence-electron chi connectivity index (χ3n) is 2.60. The van der Waals surface area contributed by atoms with Gasteiger partial charge in [0.1, 0.15) is 5.75 Å². The summed E-state index contributed by atoms with van der Waals surface area (Å²) in [6.45, 7) is 3.10. The molecule has 0 bridgehead atoms. The number of nitrogen functional groups attached to an aromatic ring is 1. The predicted octanol–water partition coefficient (Wildman–Crippen LogP) is 2.30. The molecule has 1 fully saturated rings. The standard InChI is InChI=1S/C11H15NO/c1-8-5-9(8)7-13-11-4-2-3-10(12)6-11/h2-4,6,8-9H,5,7,12H2,1H3/t8-,9+/m0/s1. The fourth-order valence-corrected chi connectivity index (χ4v) is 1.44. The molecule has 0 heterocycles. The van der Waals surface area contributed by atoms with Crippen molar-refractivity contribution in [3.05, 3.63) is 24.3 Å². The van der Waals surface area contributed by atoms with Crippen LogP contribution < -0.4 is 10.5 Å². The Morgan fingerprint density at radius 1 is 1.54 bits per heavy atom. The molecule has 13 heavy (non-hydrogen) atoms. The molecule has 1 aromatic rings. The Bertz CT molecular complexity index is 298. The number of hydrogen-bond donors (Lipinski definition) is 1. The van der Waals surface area contributed by atoms with Gasteiger partial charge in [-0.2, -0.15) is 0 Å². The Kier molecular flexibility index (Phi) is 2.13. The lowest BCUT2D eigenvalue weighted by Gasteiger charge is -2.05. The van der Waals surface area contributed by atoms with Crippen LogP contribution in [0.5, 0.6) is 5.75 Å². The lowest BCUT2D eigenvalue weighted by molar-refractivity contribution is 0.293. The highest BCUT2D eigenvalue weighted by molar-refractivity contribution is 5.43. The summed E-state index contributed by atoms with van der Waals surface area (Å²) in [5.74, 6) is 2.50. The van der Waals surface area contributed by atoms with Gasteiger partial charge in [0, 0.05) is 11.8 Å². The molecule has 0 unspecified atom stereocenters. The van der Waals surface area contributed by atoms with Gasteiger partial charge in [0.05, 0.1) is 6.61 Å². The van der Waals surface area contributed by atoms with E-state index in [-0.39, 0.29) is 0 Å². The predicted molar refractivity (Wildman–Crippen MR) is 53.6 cm³/mol. The molecule has 2 heteroatoms. The second kappa shape index (κ2) is 3.29.